The Balaban J connectivity index is 1.51. The van der Waals surface area contributed by atoms with Crippen LogP contribution in [0.5, 0.6) is 0 Å². The molecule has 7 heteroatoms. The van der Waals surface area contributed by atoms with Crippen molar-refractivity contribution >= 4 is 23.5 Å². The van der Waals surface area contributed by atoms with Crippen molar-refractivity contribution in [3.8, 4) is 0 Å². The zero-order chi connectivity index (χ0) is 20.1. The van der Waals surface area contributed by atoms with Crippen LogP contribution in [0.25, 0.3) is 0 Å². The van der Waals surface area contributed by atoms with Gasteiger partial charge in [-0.1, -0.05) is 30.3 Å². The standard InChI is InChI=1S/C21H21FN2O4/c1-14(20(26)23-18-9-7-17(22)8-10-18)28-21(27)16-11-19(25)24(13-16)12-15-5-3-2-4-6-15/h2-10,14,16H,11-13H2,1H3,(H,23,26)/t14-,16-/m0/s1. The van der Waals surface area contributed by atoms with Crippen LogP contribution in [0.15, 0.2) is 54.6 Å². The first-order valence-electron chi connectivity index (χ1n) is 9.01. The maximum Gasteiger partial charge on any atom is 0.312 e. The van der Waals surface area contributed by atoms with Crippen LogP contribution in [-0.4, -0.2) is 35.3 Å². The molecular weight excluding hydrogens is 363 g/mol. The number of amides is 2. The molecule has 0 aliphatic carbocycles. The van der Waals surface area contributed by atoms with Gasteiger partial charge in [0.05, 0.1) is 5.92 Å². The Morgan fingerprint density at radius 3 is 2.54 bits per heavy atom. The second-order valence-electron chi connectivity index (χ2n) is 6.74. The van der Waals surface area contributed by atoms with Crippen molar-refractivity contribution in [2.75, 3.05) is 11.9 Å². The van der Waals surface area contributed by atoms with Crippen LogP contribution < -0.4 is 5.32 Å². The van der Waals surface area contributed by atoms with Gasteiger partial charge in [0.15, 0.2) is 6.10 Å². The Morgan fingerprint density at radius 2 is 1.86 bits per heavy atom. The van der Waals surface area contributed by atoms with E-state index in [0.717, 1.165) is 5.56 Å². The molecule has 2 amide bonds. The SMILES string of the molecule is C[C@H](OC(=O)[C@H]1CC(=O)N(Cc2ccccc2)C1)C(=O)Nc1ccc(F)cc1. The van der Waals surface area contributed by atoms with E-state index in [0.29, 0.717) is 12.2 Å². The number of benzene rings is 2. The van der Waals surface area contributed by atoms with Gasteiger partial charge in [0.2, 0.25) is 5.91 Å². The normalized spacial score (nSPS) is 17.3. The highest BCUT2D eigenvalue weighted by Gasteiger charge is 2.36. The van der Waals surface area contributed by atoms with Crippen molar-refractivity contribution in [2.24, 2.45) is 5.92 Å². The maximum absolute atomic E-state index is 12.9. The van der Waals surface area contributed by atoms with Crippen molar-refractivity contribution in [3.05, 3.63) is 66.0 Å². The summed E-state index contributed by atoms with van der Waals surface area (Å²) < 4.78 is 18.1. The van der Waals surface area contributed by atoms with E-state index in [1.807, 2.05) is 30.3 Å². The predicted octanol–water partition coefficient (Wildman–Crippen LogP) is 2.74. The van der Waals surface area contributed by atoms with E-state index in [9.17, 15) is 18.8 Å². The van der Waals surface area contributed by atoms with E-state index in [-0.39, 0.29) is 18.9 Å². The van der Waals surface area contributed by atoms with Crippen molar-refractivity contribution in [1.82, 2.24) is 4.90 Å². The lowest BCUT2D eigenvalue weighted by atomic mass is 10.1. The average molecular weight is 384 g/mol. The Bertz CT molecular complexity index is 854. The van der Waals surface area contributed by atoms with E-state index in [1.165, 1.54) is 31.2 Å². The highest BCUT2D eigenvalue weighted by molar-refractivity contribution is 5.95. The Morgan fingerprint density at radius 1 is 1.18 bits per heavy atom. The molecule has 0 aromatic heterocycles. The van der Waals surface area contributed by atoms with Gasteiger partial charge >= 0.3 is 5.97 Å². The average Bonchev–Trinajstić information content (AvgIpc) is 3.05. The highest BCUT2D eigenvalue weighted by atomic mass is 19.1. The minimum absolute atomic E-state index is 0.0674. The third-order valence-electron chi connectivity index (χ3n) is 4.54. The maximum atomic E-state index is 12.9. The number of hydrogen-bond acceptors (Lipinski definition) is 4. The lowest BCUT2D eigenvalue weighted by Crippen LogP contribution is -2.33. The fourth-order valence-corrected chi connectivity index (χ4v) is 2.99. The van der Waals surface area contributed by atoms with Crippen LogP contribution in [0.3, 0.4) is 0 Å². The molecule has 6 nitrogen and oxygen atoms in total. The third kappa shape index (κ3) is 4.94. The molecule has 0 radical (unpaired) electrons. The summed E-state index contributed by atoms with van der Waals surface area (Å²) in [6.07, 6.45) is -0.964. The molecule has 0 bridgehead atoms. The number of carbonyl (C=O) groups excluding carboxylic acids is 3. The number of hydrogen-bond donors (Lipinski definition) is 1. The van der Waals surface area contributed by atoms with Crippen LogP contribution in [0.2, 0.25) is 0 Å². The molecule has 2 aromatic rings. The summed E-state index contributed by atoms with van der Waals surface area (Å²) in [5, 5.41) is 2.55. The number of nitrogens with one attached hydrogen (secondary N) is 1. The molecule has 1 N–H and O–H groups in total. The van der Waals surface area contributed by atoms with Gasteiger partial charge in [-0.3, -0.25) is 14.4 Å². The quantitative estimate of drug-likeness (QED) is 0.777. The molecule has 1 aliphatic rings. The minimum atomic E-state index is -1.03. The van der Waals surface area contributed by atoms with Crippen molar-refractivity contribution in [3.63, 3.8) is 0 Å². The van der Waals surface area contributed by atoms with Crippen LogP contribution in [-0.2, 0) is 25.7 Å². The van der Waals surface area contributed by atoms with Crippen molar-refractivity contribution < 1.29 is 23.5 Å². The number of rotatable bonds is 6. The summed E-state index contributed by atoms with van der Waals surface area (Å²) in [7, 11) is 0. The van der Waals surface area contributed by atoms with Gasteiger partial charge in [-0.25, -0.2) is 4.39 Å². The lowest BCUT2D eigenvalue weighted by molar-refractivity contribution is -0.157. The Hall–Kier alpha value is -3.22. The van der Waals surface area contributed by atoms with Crippen LogP contribution in [0.4, 0.5) is 10.1 Å². The van der Waals surface area contributed by atoms with E-state index in [1.54, 1.807) is 4.90 Å². The summed E-state index contributed by atoms with van der Waals surface area (Å²) in [4.78, 5) is 38.3. The number of likely N-dealkylation sites (tertiary alicyclic amines) is 1. The summed E-state index contributed by atoms with van der Waals surface area (Å²) in [6, 6.07) is 14.8. The molecule has 1 aliphatic heterocycles. The molecule has 1 heterocycles. The molecule has 0 spiro atoms. The number of anilines is 1. The van der Waals surface area contributed by atoms with E-state index in [2.05, 4.69) is 5.32 Å². The van der Waals surface area contributed by atoms with Gasteiger partial charge in [-0.2, -0.15) is 0 Å². The highest BCUT2D eigenvalue weighted by Crippen LogP contribution is 2.22. The molecule has 28 heavy (non-hydrogen) atoms. The van der Waals surface area contributed by atoms with E-state index in [4.69, 9.17) is 4.74 Å². The predicted molar refractivity (Wildman–Crippen MR) is 101 cm³/mol. The summed E-state index contributed by atoms with van der Waals surface area (Å²) in [5.74, 6) is -2.23. The number of nitrogens with zero attached hydrogens (tertiary/aromatic N) is 1. The first-order valence-corrected chi connectivity index (χ1v) is 9.01. The molecule has 146 valence electrons. The number of ether oxygens (including phenoxy) is 1. The van der Waals surface area contributed by atoms with Gasteiger partial charge in [0.1, 0.15) is 5.82 Å². The Labute approximate surface area is 162 Å². The number of esters is 1. The summed E-state index contributed by atoms with van der Waals surface area (Å²) in [6.45, 7) is 2.15. The van der Waals surface area contributed by atoms with Crippen LogP contribution in [0.1, 0.15) is 18.9 Å². The van der Waals surface area contributed by atoms with Gasteiger partial charge in [-0.05, 0) is 36.8 Å². The van der Waals surface area contributed by atoms with Crippen LogP contribution >= 0.6 is 0 Å². The topological polar surface area (TPSA) is 75.7 Å². The number of halogens is 1. The fourth-order valence-electron chi connectivity index (χ4n) is 2.99. The fraction of sp³-hybridized carbons (Fsp3) is 0.286. The van der Waals surface area contributed by atoms with Gasteiger partial charge in [-0.15, -0.1) is 0 Å². The second-order valence-corrected chi connectivity index (χ2v) is 6.74. The van der Waals surface area contributed by atoms with Crippen molar-refractivity contribution in [2.45, 2.75) is 26.0 Å². The molecule has 0 unspecified atom stereocenters. The first-order chi connectivity index (χ1) is 13.4. The smallest absolute Gasteiger partial charge is 0.312 e. The number of carbonyl (C=O) groups is 3. The molecule has 2 atom stereocenters. The minimum Gasteiger partial charge on any atom is -0.452 e. The molecular formula is C21H21FN2O4. The zero-order valence-electron chi connectivity index (χ0n) is 15.4. The molecule has 1 saturated heterocycles. The van der Waals surface area contributed by atoms with E-state index >= 15 is 0 Å². The summed E-state index contributed by atoms with van der Waals surface area (Å²) >= 11 is 0. The monoisotopic (exact) mass is 384 g/mol. The molecule has 2 aromatic carbocycles. The van der Waals surface area contributed by atoms with Crippen molar-refractivity contribution in [1.29, 1.82) is 0 Å². The molecule has 0 saturated carbocycles. The summed E-state index contributed by atoms with van der Waals surface area (Å²) in [5.41, 5.74) is 1.39. The second kappa shape index (κ2) is 8.65. The third-order valence-corrected chi connectivity index (χ3v) is 4.54. The molecule has 1 fully saturated rings. The van der Waals surface area contributed by atoms with Crippen LogP contribution in [0, 0.1) is 11.7 Å². The Kier molecular flexibility index (Phi) is 6.03. The van der Waals surface area contributed by atoms with Gasteiger partial charge in [0.25, 0.3) is 5.91 Å². The molecule has 3 rings (SSSR count). The van der Waals surface area contributed by atoms with E-state index < -0.39 is 29.7 Å². The van der Waals surface area contributed by atoms with Gasteiger partial charge < -0.3 is 15.0 Å². The largest absolute Gasteiger partial charge is 0.452 e. The van der Waals surface area contributed by atoms with Gasteiger partial charge in [0, 0.05) is 25.2 Å². The first kappa shape index (κ1) is 19.5. The zero-order valence-corrected chi connectivity index (χ0v) is 15.4. The lowest BCUT2D eigenvalue weighted by Gasteiger charge is -2.18.